The van der Waals surface area contributed by atoms with Crippen LogP contribution in [0.2, 0.25) is 0 Å². The van der Waals surface area contributed by atoms with Crippen LogP contribution in [-0.2, 0) is 17.5 Å². The lowest BCUT2D eigenvalue weighted by atomic mass is 10.00. The molecule has 98 valence electrons. The van der Waals surface area contributed by atoms with Crippen LogP contribution in [-0.4, -0.2) is 8.76 Å². The predicted molar refractivity (Wildman–Crippen MR) is 80.0 cm³/mol. The smallest absolute Gasteiger partial charge is 0.179 e. The molecule has 2 aromatic carbocycles. The number of benzene rings is 2. The highest BCUT2D eigenvalue weighted by atomic mass is 32.2. The van der Waals surface area contributed by atoms with Crippen LogP contribution >= 0.6 is 0 Å². The molecule has 1 unspecified atom stereocenters. The quantitative estimate of drug-likeness (QED) is 0.839. The van der Waals surface area contributed by atoms with E-state index in [9.17, 15) is 4.21 Å². The maximum atomic E-state index is 11.0. The number of hydrogen-bond acceptors (Lipinski definition) is 1. The maximum absolute atomic E-state index is 11.0. The fourth-order valence-corrected chi connectivity index (χ4v) is 2.47. The molecule has 0 fully saturated rings. The van der Waals surface area contributed by atoms with Crippen molar-refractivity contribution in [2.75, 3.05) is 0 Å². The third-order valence-electron chi connectivity index (χ3n) is 2.91. The van der Waals surface area contributed by atoms with Crippen molar-refractivity contribution in [1.29, 1.82) is 0 Å². The van der Waals surface area contributed by atoms with E-state index in [1.165, 1.54) is 11.0 Å². The van der Waals surface area contributed by atoms with Crippen LogP contribution in [0.25, 0.3) is 5.57 Å². The van der Waals surface area contributed by atoms with Crippen molar-refractivity contribution >= 4 is 16.7 Å². The van der Waals surface area contributed by atoms with E-state index >= 15 is 0 Å². The van der Waals surface area contributed by atoms with Crippen LogP contribution in [0, 0.1) is 0 Å². The lowest BCUT2D eigenvalue weighted by Gasteiger charge is -2.07. The Morgan fingerprint density at radius 3 is 2.16 bits per heavy atom. The Hall–Kier alpha value is -1.71. The molecule has 0 aliphatic heterocycles. The minimum Gasteiger partial charge on any atom is -0.303 e. The van der Waals surface area contributed by atoms with Crippen molar-refractivity contribution in [3.63, 3.8) is 0 Å². The van der Waals surface area contributed by atoms with Crippen LogP contribution in [0.3, 0.4) is 0 Å². The van der Waals surface area contributed by atoms with Gasteiger partial charge in [0.2, 0.25) is 0 Å². The highest BCUT2D eigenvalue weighted by Crippen LogP contribution is 2.20. The zero-order chi connectivity index (χ0) is 13.5. The standard InChI is InChI=1S/C16H16O2S/c17-19(18)13-16(15-9-5-2-6-10-15)12-11-14-7-3-1-4-8-14/h1-10,13H,11-12H2,(H,17,18). The summed E-state index contributed by atoms with van der Waals surface area (Å²) in [5.74, 6) is 0. The fourth-order valence-electron chi connectivity index (χ4n) is 1.97. The molecule has 2 nitrogen and oxygen atoms in total. The summed E-state index contributed by atoms with van der Waals surface area (Å²) in [7, 11) is 0. The molecule has 0 saturated carbocycles. The van der Waals surface area contributed by atoms with Gasteiger partial charge in [0.25, 0.3) is 0 Å². The minimum atomic E-state index is -1.92. The molecule has 0 radical (unpaired) electrons. The fraction of sp³-hybridized carbons (Fsp3) is 0.125. The van der Waals surface area contributed by atoms with Crippen molar-refractivity contribution in [2.45, 2.75) is 12.8 Å². The van der Waals surface area contributed by atoms with Crippen LogP contribution in [0.4, 0.5) is 0 Å². The predicted octanol–water partition coefficient (Wildman–Crippen LogP) is 3.88. The second-order valence-corrected chi connectivity index (χ2v) is 5.06. The highest BCUT2D eigenvalue weighted by Gasteiger charge is 2.03. The molecule has 0 amide bonds. The van der Waals surface area contributed by atoms with E-state index in [1.807, 2.05) is 48.5 Å². The van der Waals surface area contributed by atoms with Crippen molar-refractivity contribution in [3.05, 3.63) is 77.2 Å². The lowest BCUT2D eigenvalue weighted by molar-refractivity contribution is 0.574. The van der Waals surface area contributed by atoms with E-state index in [2.05, 4.69) is 12.1 Å². The Kier molecular flexibility index (Phi) is 5.07. The molecule has 0 aromatic heterocycles. The number of allylic oxidation sites excluding steroid dienone is 1. The number of rotatable bonds is 5. The molecular formula is C16H16O2S. The third kappa shape index (κ3) is 4.47. The van der Waals surface area contributed by atoms with Gasteiger partial charge in [-0.25, -0.2) is 4.21 Å². The van der Waals surface area contributed by atoms with Crippen LogP contribution in [0.5, 0.6) is 0 Å². The molecule has 3 heteroatoms. The van der Waals surface area contributed by atoms with Gasteiger partial charge in [-0.15, -0.1) is 0 Å². The summed E-state index contributed by atoms with van der Waals surface area (Å²) in [5.41, 5.74) is 3.14. The van der Waals surface area contributed by atoms with Gasteiger partial charge in [-0.05, 0) is 29.5 Å². The Labute approximate surface area is 116 Å². The first-order valence-corrected chi connectivity index (χ1v) is 7.32. The van der Waals surface area contributed by atoms with Gasteiger partial charge in [-0.2, -0.15) is 0 Å². The largest absolute Gasteiger partial charge is 0.303 e. The first-order valence-electron chi connectivity index (χ1n) is 6.15. The van der Waals surface area contributed by atoms with Crippen molar-refractivity contribution in [2.24, 2.45) is 0 Å². The molecule has 19 heavy (non-hydrogen) atoms. The van der Waals surface area contributed by atoms with Crippen molar-refractivity contribution < 1.29 is 8.76 Å². The zero-order valence-corrected chi connectivity index (χ0v) is 11.3. The normalized spacial score (nSPS) is 13.2. The van der Waals surface area contributed by atoms with E-state index in [0.717, 1.165) is 24.0 Å². The second kappa shape index (κ2) is 7.02. The first kappa shape index (κ1) is 13.7. The molecule has 0 bridgehead atoms. The van der Waals surface area contributed by atoms with E-state index in [1.54, 1.807) is 0 Å². The van der Waals surface area contributed by atoms with Gasteiger partial charge < -0.3 is 4.55 Å². The molecule has 0 saturated heterocycles. The van der Waals surface area contributed by atoms with Crippen LogP contribution in [0.15, 0.2) is 66.1 Å². The monoisotopic (exact) mass is 272 g/mol. The van der Waals surface area contributed by atoms with Gasteiger partial charge in [-0.1, -0.05) is 60.7 Å². The third-order valence-corrected chi connectivity index (χ3v) is 3.40. The summed E-state index contributed by atoms with van der Waals surface area (Å²) in [6, 6.07) is 19.9. The van der Waals surface area contributed by atoms with Gasteiger partial charge in [0.05, 0.1) is 0 Å². The van der Waals surface area contributed by atoms with Crippen molar-refractivity contribution in [1.82, 2.24) is 0 Å². The van der Waals surface area contributed by atoms with Gasteiger partial charge in [0.1, 0.15) is 0 Å². The van der Waals surface area contributed by atoms with E-state index < -0.39 is 11.1 Å². The van der Waals surface area contributed by atoms with E-state index in [4.69, 9.17) is 4.55 Å². The Morgan fingerprint density at radius 2 is 1.58 bits per heavy atom. The van der Waals surface area contributed by atoms with E-state index in [0.29, 0.717) is 0 Å². The first-order chi connectivity index (χ1) is 9.25. The Bertz CT molecular complexity index is 562. The van der Waals surface area contributed by atoms with Gasteiger partial charge >= 0.3 is 0 Å². The van der Waals surface area contributed by atoms with Gasteiger partial charge in [0.15, 0.2) is 11.1 Å². The molecule has 0 aliphatic carbocycles. The Morgan fingerprint density at radius 1 is 1.00 bits per heavy atom. The minimum absolute atomic E-state index is 0.750. The topological polar surface area (TPSA) is 37.3 Å². The SMILES string of the molecule is O=S(O)C=C(CCc1ccccc1)c1ccccc1. The second-order valence-electron chi connectivity index (χ2n) is 4.27. The molecular weight excluding hydrogens is 256 g/mol. The number of hydrogen-bond donors (Lipinski definition) is 1. The lowest BCUT2D eigenvalue weighted by Crippen LogP contribution is -1.92. The molecule has 2 aromatic rings. The van der Waals surface area contributed by atoms with Gasteiger partial charge in [-0.3, -0.25) is 0 Å². The molecule has 0 heterocycles. The highest BCUT2D eigenvalue weighted by molar-refractivity contribution is 7.82. The maximum Gasteiger partial charge on any atom is 0.179 e. The summed E-state index contributed by atoms with van der Waals surface area (Å²) < 4.78 is 20.1. The summed E-state index contributed by atoms with van der Waals surface area (Å²) in [6.07, 6.45) is 1.61. The molecule has 0 spiro atoms. The Balaban J connectivity index is 2.14. The molecule has 2 rings (SSSR count). The molecule has 1 N–H and O–H groups in total. The number of aryl methyl sites for hydroxylation is 1. The average molecular weight is 272 g/mol. The molecule has 1 atom stereocenters. The van der Waals surface area contributed by atoms with Crippen LogP contribution < -0.4 is 0 Å². The van der Waals surface area contributed by atoms with Gasteiger partial charge in [0, 0.05) is 5.41 Å². The summed E-state index contributed by atoms with van der Waals surface area (Å²) >= 11 is -1.92. The van der Waals surface area contributed by atoms with Crippen LogP contribution in [0.1, 0.15) is 17.5 Å². The zero-order valence-electron chi connectivity index (χ0n) is 10.5. The summed E-state index contributed by atoms with van der Waals surface area (Å²) in [5, 5.41) is 1.41. The summed E-state index contributed by atoms with van der Waals surface area (Å²) in [4.78, 5) is 0. The molecule has 0 aliphatic rings. The summed E-state index contributed by atoms with van der Waals surface area (Å²) in [6.45, 7) is 0. The average Bonchev–Trinajstić information content (AvgIpc) is 2.45. The van der Waals surface area contributed by atoms with Crippen molar-refractivity contribution in [3.8, 4) is 0 Å². The van der Waals surface area contributed by atoms with E-state index in [-0.39, 0.29) is 0 Å².